The fourth-order valence-corrected chi connectivity index (χ4v) is 8.39. The molecule has 0 aliphatic carbocycles. The van der Waals surface area contributed by atoms with Crippen molar-refractivity contribution in [1.82, 2.24) is 24.3 Å². The Morgan fingerprint density at radius 2 is 1.91 bits per heavy atom. The first-order valence-corrected chi connectivity index (χ1v) is 17.1. The summed E-state index contributed by atoms with van der Waals surface area (Å²) in [7, 11) is -3.94. The van der Waals surface area contributed by atoms with E-state index < -0.39 is 15.8 Å². The molecule has 2 atom stereocenters. The zero-order valence-electron chi connectivity index (χ0n) is 26.6. The third-order valence-corrected chi connectivity index (χ3v) is 11.0. The van der Waals surface area contributed by atoms with E-state index in [-0.39, 0.29) is 41.9 Å². The lowest BCUT2D eigenvalue weighted by molar-refractivity contribution is -0.118. The number of sulfonamides is 1. The number of rotatable bonds is 9. The largest absolute Gasteiger partial charge is 0.299 e. The van der Waals surface area contributed by atoms with Crippen molar-refractivity contribution in [2.45, 2.75) is 70.9 Å². The number of fused-ring (bicyclic) bond motifs is 2. The minimum Gasteiger partial charge on any atom is -0.299 e. The topological polar surface area (TPSA) is 98.1 Å². The fourth-order valence-electron chi connectivity index (χ4n) is 6.61. The molecule has 2 aromatic heterocycles. The lowest BCUT2D eigenvalue weighted by atomic mass is 9.82. The monoisotopic (exact) mass is 639 g/mol. The number of hydrogen-bond donors (Lipinski definition) is 0. The Morgan fingerprint density at radius 1 is 1.09 bits per heavy atom. The van der Waals surface area contributed by atoms with E-state index in [2.05, 4.69) is 21.4 Å². The molecule has 0 N–H and O–H groups in total. The van der Waals surface area contributed by atoms with E-state index in [1.54, 1.807) is 18.5 Å². The molecule has 0 radical (unpaired) electrons. The number of benzene rings is 3. The number of Topliss-reactive ketones (excluding diaryl/α,β-unsaturated/α-hetero) is 1. The Balaban J connectivity index is 1.40. The number of aryl methyl sites for hydroxylation is 3. The second kappa shape index (κ2) is 12.8. The van der Waals surface area contributed by atoms with Gasteiger partial charge in [0, 0.05) is 50.8 Å². The molecule has 1 aliphatic rings. The first kappa shape index (κ1) is 31.7. The maximum atomic E-state index is 14.3. The van der Waals surface area contributed by atoms with Crippen LogP contribution in [0.3, 0.4) is 0 Å². The third kappa shape index (κ3) is 6.24. The molecular formula is C36H38FN5O3S. The number of pyridine rings is 1. The van der Waals surface area contributed by atoms with Crippen molar-refractivity contribution >= 4 is 26.8 Å². The van der Waals surface area contributed by atoms with E-state index >= 15 is 0 Å². The number of carbonyl (C=O) groups excluding carboxylic acids is 1. The average Bonchev–Trinajstić information content (AvgIpc) is 3.43. The predicted octanol–water partition coefficient (Wildman–Crippen LogP) is 6.32. The normalized spacial score (nSPS) is 17.0. The molecule has 0 saturated carbocycles. The van der Waals surface area contributed by atoms with Crippen molar-refractivity contribution < 1.29 is 17.6 Å². The van der Waals surface area contributed by atoms with Gasteiger partial charge >= 0.3 is 0 Å². The highest BCUT2D eigenvalue weighted by atomic mass is 32.2. The van der Waals surface area contributed by atoms with Crippen LogP contribution in [-0.2, 0) is 40.7 Å². The second-order valence-corrected chi connectivity index (χ2v) is 14.3. The van der Waals surface area contributed by atoms with E-state index in [0.29, 0.717) is 25.1 Å². The summed E-state index contributed by atoms with van der Waals surface area (Å²) in [5.41, 5.74) is 7.86. The van der Waals surface area contributed by atoms with Gasteiger partial charge < -0.3 is 0 Å². The van der Waals surface area contributed by atoms with Gasteiger partial charge in [0.2, 0.25) is 10.0 Å². The van der Waals surface area contributed by atoms with Gasteiger partial charge in [-0.3, -0.25) is 9.78 Å². The zero-order chi connectivity index (χ0) is 32.6. The molecule has 0 spiro atoms. The molecule has 0 unspecified atom stereocenters. The van der Waals surface area contributed by atoms with Gasteiger partial charge in [-0.15, -0.1) is 5.10 Å². The molecular weight excluding hydrogens is 601 g/mol. The van der Waals surface area contributed by atoms with Gasteiger partial charge in [-0.1, -0.05) is 48.5 Å². The van der Waals surface area contributed by atoms with Crippen LogP contribution in [0, 0.1) is 25.6 Å². The molecule has 46 heavy (non-hydrogen) atoms. The molecule has 0 fully saturated rings. The summed E-state index contributed by atoms with van der Waals surface area (Å²) in [6, 6.07) is 17.9. The molecule has 6 rings (SSSR count). The molecule has 3 heterocycles. The Labute approximate surface area is 269 Å². The first-order valence-electron chi connectivity index (χ1n) is 15.7. The van der Waals surface area contributed by atoms with Crippen LogP contribution >= 0.6 is 0 Å². The van der Waals surface area contributed by atoms with Crippen molar-refractivity contribution in [2.24, 2.45) is 5.92 Å². The fraction of sp³-hybridized carbons (Fsp3) is 0.333. The number of ketones is 1. The van der Waals surface area contributed by atoms with Crippen molar-refractivity contribution in [3.05, 3.63) is 118 Å². The van der Waals surface area contributed by atoms with Gasteiger partial charge in [0.1, 0.15) is 17.1 Å². The smallest absolute Gasteiger partial charge is 0.243 e. The van der Waals surface area contributed by atoms with Gasteiger partial charge in [-0.05, 0) is 96.3 Å². The highest BCUT2D eigenvalue weighted by Crippen LogP contribution is 2.36. The lowest BCUT2D eigenvalue weighted by Crippen LogP contribution is -2.33. The number of carbonyl (C=O) groups is 1. The second-order valence-electron chi connectivity index (χ2n) is 12.4. The van der Waals surface area contributed by atoms with Crippen LogP contribution in [0.25, 0.3) is 11.0 Å². The number of nitrogens with zero attached hydrogens (tertiary/aromatic N) is 5. The minimum absolute atomic E-state index is 0.0357. The van der Waals surface area contributed by atoms with Crippen molar-refractivity contribution in [1.29, 1.82) is 0 Å². The molecule has 238 valence electrons. The average molecular weight is 640 g/mol. The summed E-state index contributed by atoms with van der Waals surface area (Å²) >= 11 is 0. The summed E-state index contributed by atoms with van der Waals surface area (Å²) in [6.45, 7) is 9.16. The summed E-state index contributed by atoms with van der Waals surface area (Å²) in [5.74, 6) is -0.748. The minimum atomic E-state index is -3.94. The van der Waals surface area contributed by atoms with Gasteiger partial charge in [-0.25, -0.2) is 17.5 Å². The first-order chi connectivity index (χ1) is 22.0. The Kier molecular flexibility index (Phi) is 8.85. The van der Waals surface area contributed by atoms with E-state index in [0.717, 1.165) is 50.5 Å². The van der Waals surface area contributed by atoms with E-state index in [1.165, 1.54) is 10.4 Å². The highest BCUT2D eigenvalue weighted by molar-refractivity contribution is 7.89. The van der Waals surface area contributed by atoms with Crippen molar-refractivity contribution in [2.75, 3.05) is 6.54 Å². The maximum Gasteiger partial charge on any atom is 0.243 e. The molecule has 3 aromatic carbocycles. The predicted molar refractivity (Wildman–Crippen MR) is 175 cm³/mol. The Morgan fingerprint density at radius 3 is 2.67 bits per heavy atom. The summed E-state index contributed by atoms with van der Waals surface area (Å²) < 4.78 is 45.4. The van der Waals surface area contributed by atoms with E-state index in [1.807, 2.05) is 68.8 Å². The maximum absolute atomic E-state index is 14.3. The van der Waals surface area contributed by atoms with Crippen molar-refractivity contribution in [3.8, 4) is 0 Å². The summed E-state index contributed by atoms with van der Waals surface area (Å²) in [4.78, 5) is 17.8. The standard InChI is InChI=1S/C36H38FN5O3S/c1-5-42-34-13-12-32(25(4)36(34)39-40-42)33(19-31(43)16-26-7-6-14-38-20-26)27-9-8-24(3)29(17-27)22-41-21-23(2)15-28-10-11-30(37)18-35(28)46(41,44)45/h6-14,17-18,20,23,33H,5,15-16,19,21-22H2,1-4H3/t23-,33-/m0/s1. The molecule has 5 aromatic rings. The molecule has 0 saturated heterocycles. The summed E-state index contributed by atoms with van der Waals surface area (Å²) in [6.07, 6.45) is 4.46. The van der Waals surface area contributed by atoms with Gasteiger partial charge in [0.15, 0.2) is 0 Å². The molecule has 10 heteroatoms. The summed E-state index contributed by atoms with van der Waals surface area (Å²) in [5, 5.41) is 8.77. The van der Waals surface area contributed by atoms with Crippen LogP contribution in [-0.4, -0.2) is 45.0 Å². The van der Waals surface area contributed by atoms with E-state index in [9.17, 15) is 17.6 Å². The van der Waals surface area contributed by atoms with Crippen LogP contribution < -0.4 is 0 Å². The van der Waals surface area contributed by atoms with Crippen LogP contribution in [0.2, 0.25) is 0 Å². The number of halogens is 1. The van der Waals surface area contributed by atoms with Gasteiger partial charge in [0.25, 0.3) is 0 Å². The molecule has 8 nitrogen and oxygen atoms in total. The lowest BCUT2D eigenvalue weighted by Gasteiger charge is -2.25. The van der Waals surface area contributed by atoms with Crippen LogP contribution in [0.1, 0.15) is 65.1 Å². The SMILES string of the molecule is CCn1nnc2c(C)c([C@@H](CC(=O)Cc3cccnc3)c3ccc(C)c(CN4C[C@@H](C)Cc5ccc(F)cc5S4(=O)=O)c3)ccc21. The molecule has 0 amide bonds. The van der Waals surface area contributed by atoms with Crippen LogP contribution in [0.4, 0.5) is 4.39 Å². The Hall–Kier alpha value is -4.28. The van der Waals surface area contributed by atoms with Gasteiger partial charge in [-0.2, -0.15) is 4.31 Å². The Bertz CT molecular complexity index is 2030. The zero-order valence-corrected chi connectivity index (χ0v) is 27.4. The number of aromatic nitrogens is 4. The highest BCUT2D eigenvalue weighted by Gasteiger charge is 2.33. The molecule has 1 aliphatic heterocycles. The van der Waals surface area contributed by atoms with Crippen molar-refractivity contribution in [3.63, 3.8) is 0 Å². The van der Waals surface area contributed by atoms with Gasteiger partial charge in [0.05, 0.1) is 10.4 Å². The van der Waals surface area contributed by atoms with E-state index in [4.69, 9.17) is 0 Å². The molecule has 0 bridgehead atoms. The van der Waals surface area contributed by atoms with Crippen LogP contribution in [0.15, 0.2) is 78.0 Å². The third-order valence-electron chi connectivity index (χ3n) is 9.07. The quantitative estimate of drug-likeness (QED) is 0.187. The number of hydrogen-bond acceptors (Lipinski definition) is 6. The van der Waals surface area contributed by atoms with Crippen LogP contribution in [0.5, 0.6) is 0 Å².